The summed E-state index contributed by atoms with van der Waals surface area (Å²) in [7, 11) is -10.6. The number of rotatable bonds is 6. The van der Waals surface area contributed by atoms with E-state index in [1.807, 2.05) is 24.3 Å². The molecule has 0 amide bonds. The summed E-state index contributed by atoms with van der Waals surface area (Å²) < 4.78 is 35.0. The van der Waals surface area contributed by atoms with Gasteiger partial charge in [-0.15, -0.1) is 0 Å². The zero-order chi connectivity index (χ0) is 30.6. The van der Waals surface area contributed by atoms with E-state index in [0.29, 0.717) is 11.1 Å². The number of hydrogen-bond donors (Lipinski definition) is 3. The molecule has 224 valence electrons. The first-order chi connectivity index (χ1) is 17.1. The van der Waals surface area contributed by atoms with Gasteiger partial charge < -0.3 is 14.7 Å². The molecule has 0 aromatic heterocycles. The van der Waals surface area contributed by atoms with Gasteiger partial charge >= 0.3 is 64.5 Å². The summed E-state index contributed by atoms with van der Waals surface area (Å²) >= 11 is 0. The number of phosphoric ester groups is 1. The average molecular weight is 722 g/mol. The molecule has 2 aromatic carbocycles. The predicted octanol–water partition coefficient (Wildman–Crippen LogP) is 7.45. The van der Waals surface area contributed by atoms with Crippen LogP contribution >= 0.6 is 15.6 Å². The number of hydrogen-bond acceptors (Lipinski definition) is 4. The maximum absolute atomic E-state index is 13.2. The van der Waals surface area contributed by atoms with E-state index in [0.717, 1.165) is 22.3 Å². The van der Waals surface area contributed by atoms with E-state index in [1.54, 1.807) is 6.92 Å². The van der Waals surface area contributed by atoms with Gasteiger partial charge in [0, 0.05) is 0 Å². The van der Waals surface area contributed by atoms with E-state index >= 15 is 0 Å². The molecule has 0 radical (unpaired) electrons. The van der Waals surface area contributed by atoms with Gasteiger partial charge in [0.2, 0.25) is 0 Å². The zero-order valence-corrected chi connectivity index (χ0v) is 27.6. The number of phosphoric acid groups is 2. The quantitative estimate of drug-likeness (QED) is 0.210. The molecule has 0 fully saturated rings. The summed E-state index contributed by atoms with van der Waals surface area (Å²) in [5.74, 6) is 0. The first-order valence-corrected chi connectivity index (χ1v) is 16.2. The molecule has 3 N–H and O–H groups in total. The van der Waals surface area contributed by atoms with Crippen molar-refractivity contribution in [1.82, 2.24) is 0 Å². The molecule has 1 atom stereocenters. The molecule has 0 bridgehead atoms. The fourth-order valence-electron chi connectivity index (χ4n) is 4.72. The van der Waals surface area contributed by atoms with Gasteiger partial charge in [0.05, 0.1) is 0 Å². The molecule has 7 nitrogen and oxygen atoms in total. The van der Waals surface area contributed by atoms with Gasteiger partial charge in [0.25, 0.3) is 0 Å². The minimum atomic E-state index is -5.34. The third-order valence-corrected chi connectivity index (χ3v) is 9.19. The van der Waals surface area contributed by atoms with Gasteiger partial charge in [0.1, 0.15) is 5.60 Å². The monoisotopic (exact) mass is 722 g/mol. The molecule has 0 aliphatic heterocycles. The van der Waals surface area contributed by atoms with E-state index in [2.05, 4.69) is 99.5 Å². The van der Waals surface area contributed by atoms with E-state index in [1.165, 1.54) is 0 Å². The Morgan fingerprint density at radius 3 is 1.12 bits per heavy atom. The van der Waals surface area contributed by atoms with Gasteiger partial charge in [0.15, 0.2) is 0 Å². The van der Waals surface area contributed by atoms with Crippen molar-refractivity contribution in [3.63, 3.8) is 0 Å². The van der Waals surface area contributed by atoms with Crippen LogP contribution in [0.25, 0.3) is 0 Å². The standard InChI is InChI=1S/C30H48O7P2.Ba.2H/c1-26(2,3)20-14-16-22(24(18-20)28(7,8)9)30(13,36-39(34,35)37-38(31,32)33)23-17-15-21(27(4,5)6)19-25(23)29(10,11)12;;;/h14-19H,1-13H3,(H,34,35)(H2,31,32,33);;;. The molecule has 0 spiro atoms. The summed E-state index contributed by atoms with van der Waals surface area (Å²) in [6.07, 6.45) is 0. The van der Waals surface area contributed by atoms with Crippen LogP contribution in [0.15, 0.2) is 36.4 Å². The zero-order valence-electron chi connectivity index (χ0n) is 25.8. The van der Waals surface area contributed by atoms with Crippen LogP contribution in [-0.4, -0.2) is 63.6 Å². The Bertz CT molecular complexity index is 1230. The van der Waals surface area contributed by atoms with Crippen molar-refractivity contribution in [2.45, 2.75) is 117 Å². The van der Waals surface area contributed by atoms with Crippen molar-refractivity contribution in [2.75, 3.05) is 0 Å². The Hall–Kier alpha value is 0.271. The summed E-state index contributed by atoms with van der Waals surface area (Å²) in [5, 5.41) is 0. The molecule has 0 aliphatic carbocycles. The van der Waals surface area contributed by atoms with Gasteiger partial charge in [-0.2, -0.15) is 4.31 Å². The van der Waals surface area contributed by atoms with E-state index in [9.17, 15) is 23.8 Å². The summed E-state index contributed by atoms with van der Waals surface area (Å²) in [4.78, 5) is 29.5. The average Bonchev–Trinajstić information content (AvgIpc) is 2.68. The SMILES string of the molecule is CC(C)(C)c1ccc(C(C)(OP(=O)(O)OP(=O)(O)O)c2ccc(C(C)(C)C)cc2C(C)(C)C)c(C(C)(C)C)c1.[BaH2]. The van der Waals surface area contributed by atoms with E-state index in [4.69, 9.17) is 4.52 Å². The van der Waals surface area contributed by atoms with Crippen LogP contribution < -0.4 is 0 Å². The summed E-state index contributed by atoms with van der Waals surface area (Å²) in [5.41, 5.74) is 2.41. The van der Waals surface area contributed by atoms with E-state index in [-0.39, 0.29) is 59.7 Å². The van der Waals surface area contributed by atoms with Gasteiger partial charge in [-0.25, -0.2) is 9.13 Å². The van der Waals surface area contributed by atoms with Crippen LogP contribution in [-0.2, 0) is 45.2 Å². The molecule has 1 unspecified atom stereocenters. The molecular formula is C30H50BaO7P2. The first-order valence-electron chi connectivity index (χ1n) is 13.2. The van der Waals surface area contributed by atoms with Crippen molar-refractivity contribution in [1.29, 1.82) is 0 Å². The second kappa shape index (κ2) is 12.3. The summed E-state index contributed by atoms with van der Waals surface area (Å²) in [6.45, 7) is 26.7. The van der Waals surface area contributed by atoms with Crippen molar-refractivity contribution in [3.8, 4) is 0 Å². The van der Waals surface area contributed by atoms with Gasteiger partial charge in [-0.1, -0.05) is 119 Å². The maximum atomic E-state index is 13.2. The van der Waals surface area contributed by atoms with Crippen LogP contribution in [0.2, 0.25) is 0 Å². The molecule has 10 heteroatoms. The van der Waals surface area contributed by atoms with Crippen LogP contribution in [0.1, 0.15) is 123 Å². The van der Waals surface area contributed by atoms with Crippen LogP contribution in [0, 0.1) is 0 Å². The second-order valence-corrected chi connectivity index (χ2v) is 17.4. The number of benzene rings is 2. The summed E-state index contributed by atoms with van der Waals surface area (Å²) in [6, 6.07) is 11.9. The van der Waals surface area contributed by atoms with Gasteiger partial charge in [-0.05, 0) is 62.0 Å². The topological polar surface area (TPSA) is 113 Å². The fraction of sp³-hybridized carbons (Fsp3) is 0.600. The van der Waals surface area contributed by atoms with Crippen molar-refractivity contribution in [3.05, 3.63) is 69.8 Å². The molecule has 0 saturated carbocycles. The normalized spacial score (nSPS) is 15.4. The molecule has 2 rings (SSSR count). The van der Waals surface area contributed by atoms with E-state index < -0.39 is 32.1 Å². The Labute approximate surface area is 281 Å². The van der Waals surface area contributed by atoms with Gasteiger partial charge in [-0.3, -0.25) is 4.52 Å². The van der Waals surface area contributed by atoms with Crippen molar-refractivity contribution < 1.29 is 32.6 Å². The minimum absolute atomic E-state index is 0. The van der Waals surface area contributed by atoms with Crippen molar-refractivity contribution in [2.24, 2.45) is 0 Å². The first kappa shape index (κ1) is 38.3. The molecule has 0 heterocycles. The molecular weight excluding hydrogens is 672 g/mol. The Kier molecular flexibility index (Phi) is 11.8. The molecule has 40 heavy (non-hydrogen) atoms. The van der Waals surface area contributed by atoms with Crippen LogP contribution in [0.5, 0.6) is 0 Å². The third-order valence-electron chi connectivity index (χ3n) is 6.92. The molecule has 0 saturated heterocycles. The third kappa shape index (κ3) is 9.64. The Balaban J connectivity index is 0.00000800. The Morgan fingerprint density at radius 2 is 0.875 bits per heavy atom. The second-order valence-electron chi connectivity index (χ2n) is 14.7. The van der Waals surface area contributed by atoms with Crippen molar-refractivity contribution >= 4 is 64.5 Å². The molecule has 0 aliphatic rings. The Morgan fingerprint density at radius 1 is 0.550 bits per heavy atom. The predicted molar refractivity (Wildman–Crippen MR) is 167 cm³/mol. The fourth-order valence-corrected chi connectivity index (χ4v) is 6.59. The van der Waals surface area contributed by atoms with Crippen LogP contribution in [0.4, 0.5) is 0 Å². The molecule has 2 aromatic rings. The van der Waals surface area contributed by atoms with Crippen LogP contribution in [0.3, 0.4) is 0 Å².